The minimum atomic E-state index is -0.188. The molecule has 5 nitrogen and oxygen atoms in total. The fourth-order valence-corrected chi connectivity index (χ4v) is 2.84. The predicted octanol–water partition coefficient (Wildman–Crippen LogP) is 3.87. The lowest BCUT2D eigenvalue weighted by Crippen LogP contribution is -2.21. The number of benzene rings is 2. The van der Waals surface area contributed by atoms with Gasteiger partial charge < -0.3 is 9.47 Å². The van der Waals surface area contributed by atoms with Gasteiger partial charge in [-0.15, -0.1) is 0 Å². The van der Waals surface area contributed by atoms with Crippen LogP contribution in [0.3, 0.4) is 0 Å². The first-order valence-corrected chi connectivity index (χ1v) is 7.77. The van der Waals surface area contributed by atoms with E-state index in [4.69, 9.17) is 21.1 Å². The van der Waals surface area contributed by atoms with Crippen molar-refractivity contribution in [3.63, 3.8) is 0 Å². The number of amides is 1. The molecule has 4 rings (SSSR count). The van der Waals surface area contributed by atoms with E-state index in [1.807, 2.05) is 30.3 Å². The van der Waals surface area contributed by atoms with Gasteiger partial charge in [-0.05, 0) is 36.8 Å². The normalized spacial score (nSPS) is 17.6. The molecule has 120 valence electrons. The van der Waals surface area contributed by atoms with Gasteiger partial charge in [-0.3, -0.25) is 4.79 Å². The molecule has 0 spiro atoms. The highest BCUT2D eigenvalue weighted by Gasteiger charge is 2.29. The number of anilines is 1. The summed E-state index contributed by atoms with van der Waals surface area (Å²) in [5.41, 5.74) is 2.55. The molecule has 0 aromatic heterocycles. The number of para-hydroxylation sites is 1. The van der Waals surface area contributed by atoms with Crippen molar-refractivity contribution < 1.29 is 14.3 Å². The smallest absolute Gasteiger partial charge is 0.280 e. The minimum absolute atomic E-state index is 0.174. The molecule has 0 unspecified atom stereocenters. The molecule has 0 fully saturated rings. The molecule has 0 aliphatic carbocycles. The number of halogens is 1. The molecule has 2 heterocycles. The molecule has 2 aliphatic heterocycles. The van der Waals surface area contributed by atoms with Crippen LogP contribution in [0.2, 0.25) is 5.02 Å². The number of fused-ring (bicyclic) bond motifs is 1. The number of rotatable bonds is 2. The Kier molecular flexibility index (Phi) is 3.50. The van der Waals surface area contributed by atoms with Crippen LogP contribution in [0.5, 0.6) is 11.5 Å². The first-order chi connectivity index (χ1) is 11.6. The van der Waals surface area contributed by atoms with E-state index >= 15 is 0 Å². The average Bonchev–Trinajstić information content (AvgIpc) is 3.14. The Morgan fingerprint density at radius 1 is 1.17 bits per heavy atom. The van der Waals surface area contributed by atoms with Crippen molar-refractivity contribution in [3.8, 4) is 11.5 Å². The van der Waals surface area contributed by atoms with E-state index < -0.39 is 0 Å². The minimum Gasteiger partial charge on any atom is -0.454 e. The Morgan fingerprint density at radius 2 is 1.88 bits per heavy atom. The van der Waals surface area contributed by atoms with Crippen LogP contribution < -0.4 is 14.5 Å². The summed E-state index contributed by atoms with van der Waals surface area (Å²) in [7, 11) is 0. The zero-order valence-corrected chi connectivity index (χ0v) is 13.6. The van der Waals surface area contributed by atoms with Crippen LogP contribution in [0.4, 0.5) is 5.69 Å². The fourth-order valence-electron chi connectivity index (χ4n) is 2.63. The predicted molar refractivity (Wildman–Crippen MR) is 92.6 cm³/mol. The maximum atomic E-state index is 12.7. The van der Waals surface area contributed by atoms with Gasteiger partial charge in [0.15, 0.2) is 11.5 Å². The second kappa shape index (κ2) is 5.69. The van der Waals surface area contributed by atoms with Crippen LogP contribution >= 0.6 is 11.6 Å². The molecule has 0 N–H and O–H groups in total. The molecule has 0 bridgehead atoms. The quantitative estimate of drug-likeness (QED) is 0.780. The van der Waals surface area contributed by atoms with Gasteiger partial charge in [-0.1, -0.05) is 29.8 Å². The summed E-state index contributed by atoms with van der Waals surface area (Å²) in [5.74, 6) is 1.04. The lowest BCUT2D eigenvalue weighted by Gasteiger charge is -2.11. The summed E-state index contributed by atoms with van der Waals surface area (Å²) < 4.78 is 10.7. The van der Waals surface area contributed by atoms with Crippen molar-refractivity contribution in [2.45, 2.75) is 6.92 Å². The molecule has 2 aromatic carbocycles. The van der Waals surface area contributed by atoms with Gasteiger partial charge >= 0.3 is 0 Å². The topological polar surface area (TPSA) is 51.1 Å². The van der Waals surface area contributed by atoms with E-state index in [0.717, 1.165) is 5.69 Å². The highest BCUT2D eigenvalue weighted by Crippen LogP contribution is 2.38. The molecule has 1 amide bonds. The van der Waals surface area contributed by atoms with Crippen LogP contribution in [0.25, 0.3) is 6.08 Å². The Morgan fingerprint density at radius 3 is 2.62 bits per heavy atom. The molecule has 0 atom stereocenters. The van der Waals surface area contributed by atoms with E-state index in [1.54, 1.807) is 25.1 Å². The number of hydrogen-bond donors (Lipinski definition) is 0. The van der Waals surface area contributed by atoms with Crippen molar-refractivity contribution >= 4 is 35.0 Å². The van der Waals surface area contributed by atoms with E-state index in [-0.39, 0.29) is 12.7 Å². The number of carbonyl (C=O) groups is 1. The lowest BCUT2D eigenvalue weighted by molar-refractivity contribution is -0.114. The Hall–Kier alpha value is -2.79. The first-order valence-electron chi connectivity index (χ1n) is 7.39. The summed E-state index contributed by atoms with van der Waals surface area (Å²) in [5, 5.41) is 6.23. The summed E-state index contributed by atoms with van der Waals surface area (Å²) in [6, 6.07) is 12.8. The molecule has 2 aromatic rings. The maximum absolute atomic E-state index is 12.7. The van der Waals surface area contributed by atoms with Gasteiger partial charge in [0, 0.05) is 6.07 Å². The highest BCUT2D eigenvalue weighted by molar-refractivity contribution is 6.35. The van der Waals surface area contributed by atoms with Crippen molar-refractivity contribution in [3.05, 3.63) is 58.6 Å². The number of nitrogens with zero attached hydrogens (tertiary/aromatic N) is 2. The maximum Gasteiger partial charge on any atom is 0.280 e. The lowest BCUT2D eigenvalue weighted by atomic mass is 10.1. The monoisotopic (exact) mass is 340 g/mol. The standard InChI is InChI=1S/C18H13ClN2O3/c1-11-14(18(22)21(20-11)13-5-3-2-4-6-13)7-12-8-16-17(9-15(12)19)24-10-23-16/h2-9H,10H2,1H3/b14-7+. The Bertz CT molecular complexity index is 891. The summed E-state index contributed by atoms with van der Waals surface area (Å²) in [4.78, 5) is 12.7. The molecule has 24 heavy (non-hydrogen) atoms. The van der Waals surface area contributed by atoms with Crippen LogP contribution in [-0.2, 0) is 4.79 Å². The summed E-state index contributed by atoms with van der Waals surface area (Å²) in [6.07, 6.45) is 1.73. The van der Waals surface area contributed by atoms with Gasteiger partial charge in [0.05, 0.1) is 22.0 Å². The SMILES string of the molecule is CC1=NN(c2ccccc2)C(=O)/C1=C/c1cc2c(cc1Cl)OCO2. The third-order valence-electron chi connectivity index (χ3n) is 3.86. The Labute approximate surface area is 143 Å². The zero-order chi connectivity index (χ0) is 16.7. The summed E-state index contributed by atoms with van der Waals surface area (Å²) in [6.45, 7) is 1.97. The van der Waals surface area contributed by atoms with E-state index in [1.165, 1.54) is 5.01 Å². The average molecular weight is 341 g/mol. The van der Waals surface area contributed by atoms with Crippen LogP contribution in [0, 0.1) is 0 Å². The molecule has 0 saturated carbocycles. The third kappa shape index (κ3) is 2.43. The van der Waals surface area contributed by atoms with Gasteiger partial charge in [0.1, 0.15) is 0 Å². The number of carbonyl (C=O) groups excluding carboxylic acids is 1. The molecular weight excluding hydrogens is 328 g/mol. The largest absolute Gasteiger partial charge is 0.454 e. The van der Waals surface area contributed by atoms with E-state index in [2.05, 4.69) is 5.10 Å². The van der Waals surface area contributed by atoms with Gasteiger partial charge in [0.2, 0.25) is 6.79 Å². The zero-order valence-electron chi connectivity index (χ0n) is 12.8. The first kappa shape index (κ1) is 14.8. The number of hydrogen-bond acceptors (Lipinski definition) is 4. The van der Waals surface area contributed by atoms with Crippen molar-refractivity contribution in [2.75, 3.05) is 11.8 Å². The van der Waals surface area contributed by atoms with E-state index in [9.17, 15) is 4.79 Å². The third-order valence-corrected chi connectivity index (χ3v) is 4.18. The molecule has 0 saturated heterocycles. The summed E-state index contributed by atoms with van der Waals surface area (Å²) >= 11 is 6.29. The van der Waals surface area contributed by atoms with Crippen LogP contribution in [-0.4, -0.2) is 18.4 Å². The highest BCUT2D eigenvalue weighted by atomic mass is 35.5. The molecular formula is C18H13ClN2O3. The van der Waals surface area contributed by atoms with E-state index in [0.29, 0.717) is 33.4 Å². The number of hydrazone groups is 1. The molecule has 0 radical (unpaired) electrons. The van der Waals surface area contributed by atoms with Crippen molar-refractivity contribution in [1.82, 2.24) is 0 Å². The fraction of sp³-hybridized carbons (Fsp3) is 0.111. The van der Waals surface area contributed by atoms with Gasteiger partial charge in [-0.2, -0.15) is 10.1 Å². The van der Waals surface area contributed by atoms with Crippen LogP contribution in [0.1, 0.15) is 12.5 Å². The second-order valence-electron chi connectivity index (χ2n) is 5.42. The number of ether oxygens (including phenoxy) is 2. The second-order valence-corrected chi connectivity index (χ2v) is 5.83. The van der Waals surface area contributed by atoms with Gasteiger partial charge in [-0.25, -0.2) is 0 Å². The molecule has 2 aliphatic rings. The van der Waals surface area contributed by atoms with Crippen molar-refractivity contribution in [2.24, 2.45) is 5.10 Å². The molecule has 6 heteroatoms. The Balaban J connectivity index is 1.71. The van der Waals surface area contributed by atoms with Crippen LogP contribution in [0.15, 0.2) is 53.1 Å². The van der Waals surface area contributed by atoms with Crippen molar-refractivity contribution in [1.29, 1.82) is 0 Å². The van der Waals surface area contributed by atoms with Gasteiger partial charge in [0.25, 0.3) is 5.91 Å².